The average Bonchev–Trinajstić information content (AvgIpc) is 3.19. The van der Waals surface area contributed by atoms with Gasteiger partial charge in [-0.25, -0.2) is 0 Å². The van der Waals surface area contributed by atoms with Crippen molar-refractivity contribution in [1.29, 1.82) is 0 Å². The molecule has 2 aromatic heterocycles. The van der Waals surface area contributed by atoms with Gasteiger partial charge in [-0.2, -0.15) is 0 Å². The van der Waals surface area contributed by atoms with Gasteiger partial charge in [0.15, 0.2) is 5.82 Å². The molecule has 6 heteroatoms. The van der Waals surface area contributed by atoms with Crippen molar-refractivity contribution < 1.29 is 5.11 Å². The molecule has 0 amide bonds. The summed E-state index contributed by atoms with van der Waals surface area (Å²) in [6.07, 6.45) is 1.73. The van der Waals surface area contributed by atoms with E-state index >= 15 is 0 Å². The van der Waals surface area contributed by atoms with Crippen molar-refractivity contribution in [1.82, 2.24) is 20.1 Å². The summed E-state index contributed by atoms with van der Waals surface area (Å²) in [6, 6.07) is 11.4. The number of aromatic nitrogens is 3. The van der Waals surface area contributed by atoms with Crippen LogP contribution in [0.3, 0.4) is 0 Å². The molecule has 0 saturated carbocycles. The van der Waals surface area contributed by atoms with E-state index in [1.165, 1.54) is 13.1 Å². The molecule has 0 unspecified atom stereocenters. The van der Waals surface area contributed by atoms with Gasteiger partial charge < -0.3 is 14.9 Å². The highest BCUT2D eigenvalue weighted by Gasteiger charge is 2.39. The number of nitrogens with zero attached hydrogens (tertiary/aromatic N) is 5. The van der Waals surface area contributed by atoms with Crippen LogP contribution in [-0.4, -0.2) is 58.4 Å². The third-order valence-electron chi connectivity index (χ3n) is 5.65. The zero-order chi connectivity index (χ0) is 17.7. The van der Waals surface area contributed by atoms with Crippen molar-refractivity contribution >= 4 is 16.7 Å². The van der Waals surface area contributed by atoms with Crippen LogP contribution >= 0.6 is 0 Å². The number of pyridine rings is 1. The third-order valence-corrected chi connectivity index (χ3v) is 5.65. The molecule has 0 radical (unpaired) electrons. The predicted molar refractivity (Wildman–Crippen MR) is 101 cm³/mol. The van der Waals surface area contributed by atoms with Crippen LogP contribution in [0.4, 0.5) is 5.82 Å². The summed E-state index contributed by atoms with van der Waals surface area (Å²) in [5.74, 6) is 2.55. The van der Waals surface area contributed by atoms with Gasteiger partial charge in [0.25, 0.3) is 0 Å². The topological polar surface area (TPSA) is 65.4 Å². The summed E-state index contributed by atoms with van der Waals surface area (Å²) >= 11 is 0. The number of benzene rings is 1. The van der Waals surface area contributed by atoms with E-state index in [0.29, 0.717) is 11.3 Å². The van der Waals surface area contributed by atoms with Crippen molar-refractivity contribution in [3.8, 4) is 17.0 Å². The fourth-order valence-corrected chi connectivity index (χ4v) is 4.43. The Kier molecular flexibility index (Phi) is 3.53. The first-order valence-electron chi connectivity index (χ1n) is 9.03. The fraction of sp³-hybridized carbons (Fsp3) is 0.350. The second-order valence-electron chi connectivity index (χ2n) is 7.46. The Morgan fingerprint density at radius 3 is 2.50 bits per heavy atom. The Morgan fingerprint density at radius 2 is 1.77 bits per heavy atom. The van der Waals surface area contributed by atoms with E-state index < -0.39 is 0 Å². The molecule has 2 aliphatic heterocycles. The molecule has 6 nitrogen and oxygen atoms in total. The first kappa shape index (κ1) is 15.5. The van der Waals surface area contributed by atoms with Gasteiger partial charge in [0.05, 0.1) is 16.8 Å². The van der Waals surface area contributed by atoms with Crippen molar-refractivity contribution in [2.75, 3.05) is 38.1 Å². The smallest absolute Gasteiger partial charge is 0.151 e. The van der Waals surface area contributed by atoms with Crippen LogP contribution in [0.5, 0.6) is 5.75 Å². The van der Waals surface area contributed by atoms with E-state index in [2.05, 4.69) is 32.0 Å². The van der Waals surface area contributed by atoms with Gasteiger partial charge in [-0.15, -0.1) is 10.2 Å². The van der Waals surface area contributed by atoms with Crippen LogP contribution < -0.4 is 4.90 Å². The molecule has 2 fully saturated rings. The zero-order valence-electron chi connectivity index (χ0n) is 14.7. The number of fused-ring (bicyclic) bond motifs is 2. The Balaban J connectivity index is 1.46. The van der Waals surface area contributed by atoms with Gasteiger partial charge in [0, 0.05) is 37.8 Å². The summed E-state index contributed by atoms with van der Waals surface area (Å²) in [7, 11) is 2.20. The average molecular weight is 347 g/mol. The predicted octanol–water partition coefficient (Wildman–Crippen LogP) is 2.40. The Morgan fingerprint density at radius 1 is 0.962 bits per heavy atom. The normalized spacial score (nSPS) is 22.9. The minimum atomic E-state index is 0.178. The van der Waals surface area contributed by atoms with Gasteiger partial charge in [-0.3, -0.25) is 4.98 Å². The summed E-state index contributed by atoms with van der Waals surface area (Å²) in [6.45, 7) is 4.43. The second kappa shape index (κ2) is 5.92. The van der Waals surface area contributed by atoms with Gasteiger partial charge in [-0.05, 0) is 49.2 Å². The molecule has 2 atom stereocenters. The molecule has 0 spiro atoms. The quantitative estimate of drug-likeness (QED) is 0.768. The number of phenolic OH excluding ortho intramolecular Hbond substituents is 1. The maximum absolute atomic E-state index is 10.4. The lowest BCUT2D eigenvalue weighted by Crippen LogP contribution is -2.27. The monoisotopic (exact) mass is 347 g/mol. The molecular formula is C20H21N5O. The van der Waals surface area contributed by atoms with Crippen LogP contribution in [0.1, 0.15) is 0 Å². The largest absolute Gasteiger partial charge is 0.507 e. The number of anilines is 1. The van der Waals surface area contributed by atoms with Crippen molar-refractivity contribution in [2.24, 2.45) is 11.8 Å². The molecule has 0 bridgehead atoms. The zero-order valence-corrected chi connectivity index (χ0v) is 14.7. The first-order valence-corrected chi connectivity index (χ1v) is 9.03. The van der Waals surface area contributed by atoms with Crippen molar-refractivity contribution in [3.05, 3.63) is 42.6 Å². The Hall–Kier alpha value is -2.73. The molecule has 0 aliphatic carbocycles. The molecule has 2 aliphatic rings. The lowest BCUT2D eigenvalue weighted by Gasteiger charge is -2.19. The molecule has 2 saturated heterocycles. The number of hydrogen-bond acceptors (Lipinski definition) is 6. The number of phenols is 1. The Bertz CT molecular complexity index is 944. The van der Waals surface area contributed by atoms with Gasteiger partial charge in [-0.1, -0.05) is 6.07 Å². The molecule has 132 valence electrons. The van der Waals surface area contributed by atoms with Crippen molar-refractivity contribution in [3.63, 3.8) is 0 Å². The highest BCUT2D eigenvalue weighted by atomic mass is 16.3. The standard InChI is InChI=1S/C20H21N5O/c1-24-9-14-11-25(12-15(14)10-24)18-7-5-16(22-23-18)19-17(26)6-4-13-3-2-8-21-20(13)19/h2-8,14-15,26H,9-12H2,1H3/t14-,15+. The molecule has 1 aromatic carbocycles. The van der Waals surface area contributed by atoms with E-state index in [9.17, 15) is 5.11 Å². The minimum absolute atomic E-state index is 0.178. The lowest BCUT2D eigenvalue weighted by atomic mass is 10.0. The van der Waals surface area contributed by atoms with E-state index in [4.69, 9.17) is 0 Å². The first-order chi connectivity index (χ1) is 12.7. The summed E-state index contributed by atoms with van der Waals surface area (Å²) in [4.78, 5) is 9.17. The van der Waals surface area contributed by atoms with Crippen LogP contribution in [0.15, 0.2) is 42.6 Å². The van der Waals surface area contributed by atoms with Crippen molar-refractivity contribution in [2.45, 2.75) is 0 Å². The van der Waals surface area contributed by atoms with E-state index in [1.807, 2.05) is 30.3 Å². The third kappa shape index (κ3) is 2.49. The maximum atomic E-state index is 10.4. The van der Waals surface area contributed by atoms with Gasteiger partial charge in [0.2, 0.25) is 0 Å². The number of likely N-dealkylation sites (tertiary alicyclic amines) is 1. The minimum Gasteiger partial charge on any atom is -0.507 e. The van der Waals surface area contributed by atoms with Crippen LogP contribution in [0.2, 0.25) is 0 Å². The molecule has 26 heavy (non-hydrogen) atoms. The SMILES string of the molecule is CN1C[C@@H]2CN(c3ccc(-c4c(O)ccc5cccnc45)nn3)C[C@@H]2C1. The summed E-state index contributed by atoms with van der Waals surface area (Å²) in [5, 5.41) is 20.2. The van der Waals surface area contributed by atoms with Crippen LogP contribution in [0, 0.1) is 11.8 Å². The summed E-state index contributed by atoms with van der Waals surface area (Å²) in [5.41, 5.74) is 2.03. The Labute approximate surface area is 152 Å². The second-order valence-corrected chi connectivity index (χ2v) is 7.46. The molecule has 4 heterocycles. The molecule has 1 N–H and O–H groups in total. The molecular weight excluding hydrogens is 326 g/mol. The van der Waals surface area contributed by atoms with Crippen LogP contribution in [-0.2, 0) is 0 Å². The van der Waals surface area contributed by atoms with E-state index in [-0.39, 0.29) is 5.75 Å². The fourth-order valence-electron chi connectivity index (χ4n) is 4.43. The van der Waals surface area contributed by atoms with E-state index in [0.717, 1.165) is 41.6 Å². The number of aromatic hydroxyl groups is 1. The van der Waals surface area contributed by atoms with Gasteiger partial charge in [0.1, 0.15) is 5.75 Å². The molecule has 3 aromatic rings. The number of rotatable bonds is 2. The van der Waals surface area contributed by atoms with E-state index in [1.54, 1.807) is 12.3 Å². The molecule has 5 rings (SSSR count). The van der Waals surface area contributed by atoms with Crippen LogP contribution in [0.25, 0.3) is 22.2 Å². The number of hydrogen-bond donors (Lipinski definition) is 1. The summed E-state index contributed by atoms with van der Waals surface area (Å²) < 4.78 is 0. The highest BCUT2D eigenvalue weighted by Crippen LogP contribution is 2.35. The lowest BCUT2D eigenvalue weighted by molar-refractivity contribution is 0.387. The van der Waals surface area contributed by atoms with Gasteiger partial charge >= 0.3 is 0 Å². The maximum Gasteiger partial charge on any atom is 0.151 e. The highest BCUT2D eigenvalue weighted by molar-refractivity contribution is 5.95.